The van der Waals surface area contributed by atoms with Crippen molar-refractivity contribution in [2.75, 3.05) is 13.7 Å². The van der Waals surface area contributed by atoms with Gasteiger partial charge in [-0.3, -0.25) is 28.8 Å². The van der Waals surface area contributed by atoms with Crippen molar-refractivity contribution in [2.45, 2.75) is 58.9 Å². The summed E-state index contributed by atoms with van der Waals surface area (Å²) in [5.74, 6) is -7.33. The summed E-state index contributed by atoms with van der Waals surface area (Å²) in [5, 5.41) is 2.10. The molecule has 0 rings (SSSR count). The lowest BCUT2D eigenvalue weighted by Gasteiger charge is -2.34. The van der Waals surface area contributed by atoms with Crippen LogP contribution in [0.1, 0.15) is 41.4 Å². The van der Waals surface area contributed by atoms with Crippen molar-refractivity contribution in [2.24, 2.45) is 0 Å². The van der Waals surface area contributed by atoms with Crippen LogP contribution in [0.4, 0.5) is 0 Å². The van der Waals surface area contributed by atoms with Gasteiger partial charge in [-0.15, -0.1) is 0 Å². The topological polar surface area (TPSA) is 161 Å². The van der Waals surface area contributed by atoms with E-state index in [1.54, 1.807) is 0 Å². The first-order valence-electron chi connectivity index (χ1n) is 11.2. The van der Waals surface area contributed by atoms with Crippen LogP contribution in [0.25, 0.3) is 0 Å². The third-order valence-corrected chi connectivity index (χ3v) is 2.98. The first-order chi connectivity index (χ1) is 16.1. The molecule has 164 valence electrons. The van der Waals surface area contributed by atoms with E-state index in [-0.39, 0.29) is 0 Å². The maximum atomic E-state index is 12.4. The number of amides is 1. The van der Waals surface area contributed by atoms with Gasteiger partial charge in [0.25, 0.3) is 5.91 Å². The van der Waals surface area contributed by atoms with Gasteiger partial charge in [0.05, 0.1) is 0 Å². The first-order valence-corrected chi connectivity index (χ1v) is 7.69. The number of hydrogen-bond donors (Lipinski definition) is 1. The Morgan fingerprint density at radius 1 is 0.724 bits per heavy atom. The van der Waals surface area contributed by atoms with Crippen LogP contribution < -0.4 is 5.32 Å². The Morgan fingerprint density at radius 2 is 1.21 bits per heavy atom. The van der Waals surface area contributed by atoms with E-state index in [0.717, 1.165) is 7.05 Å². The molecular weight excluding hydrogens is 394 g/mol. The minimum absolute atomic E-state index is 0.852. The molecule has 4 atom stereocenters. The SMILES string of the molecule is [2H]CC(=O)OC[C@@H](OC(=O)C[2H])[C@@H](OC(=O)C[2H])[C@H](OC(=O)C[2H])[C@@H](OC(=O)C[2H])C(=O)NC. The van der Waals surface area contributed by atoms with E-state index < -0.39 is 101 Å². The second-order valence-corrected chi connectivity index (χ2v) is 5.14. The van der Waals surface area contributed by atoms with E-state index in [1.807, 2.05) is 0 Å². The molecule has 0 fully saturated rings. The quantitative estimate of drug-likeness (QED) is 0.339. The molecule has 0 aromatic carbocycles. The van der Waals surface area contributed by atoms with Gasteiger partial charge < -0.3 is 29.0 Å². The molecule has 0 saturated carbocycles. The Morgan fingerprint density at radius 3 is 1.72 bits per heavy atom. The molecule has 0 spiro atoms. The number of likely N-dealkylation sites (N-methyl/N-ethyl adjacent to an activating group) is 1. The number of esters is 5. The van der Waals surface area contributed by atoms with E-state index in [1.165, 1.54) is 0 Å². The van der Waals surface area contributed by atoms with Crippen molar-refractivity contribution in [1.29, 1.82) is 0 Å². The monoisotopic (exact) mass is 424 g/mol. The molecule has 0 aliphatic carbocycles. The minimum atomic E-state index is -2.11. The molecule has 1 N–H and O–H groups in total. The van der Waals surface area contributed by atoms with Gasteiger partial charge in [-0.2, -0.15) is 0 Å². The van der Waals surface area contributed by atoms with Crippen LogP contribution in [0.15, 0.2) is 0 Å². The van der Waals surface area contributed by atoms with Crippen molar-refractivity contribution in [3.05, 3.63) is 0 Å². The largest absolute Gasteiger partial charge is 0.462 e. The van der Waals surface area contributed by atoms with Crippen LogP contribution in [0.5, 0.6) is 0 Å². The Kier molecular flexibility index (Phi) is 7.59. The van der Waals surface area contributed by atoms with Crippen LogP contribution in [0.3, 0.4) is 0 Å². The molecule has 0 aliphatic heterocycles. The molecule has 0 aromatic heterocycles. The molecule has 0 bridgehead atoms. The van der Waals surface area contributed by atoms with Gasteiger partial charge in [-0.25, -0.2) is 0 Å². The normalized spacial score (nSPS) is 16.5. The van der Waals surface area contributed by atoms with Gasteiger partial charge in [0, 0.05) is 48.4 Å². The Bertz CT molecular complexity index is 739. The predicted octanol–water partition coefficient (Wildman–Crippen LogP) is -0.978. The number of carbonyl (C=O) groups is 6. The standard InChI is InChI=1S/C17H25NO11/c1-8(19)25-7-13(26-9(2)20)14(27-10(3)21)15(28-11(4)22)16(17(24)18-6)29-12(5)23/h13-16H,7H2,1-6H3,(H,18,24)/t13-,14-,15+,16-/m1/s1/i1D,2D,3D,4D,5D. The van der Waals surface area contributed by atoms with Crippen LogP contribution in [0, 0.1) is 0 Å². The number of ether oxygens (including phenoxy) is 5. The van der Waals surface area contributed by atoms with Crippen LogP contribution in [-0.4, -0.2) is 73.8 Å². The molecule has 0 saturated heterocycles. The summed E-state index contributed by atoms with van der Waals surface area (Å²) in [7, 11) is 1.10. The maximum absolute atomic E-state index is 12.4. The molecule has 0 heterocycles. The lowest BCUT2D eigenvalue weighted by atomic mass is 10.0. The highest BCUT2D eigenvalue weighted by Gasteiger charge is 2.46. The highest BCUT2D eigenvalue weighted by Crippen LogP contribution is 2.20. The number of rotatable bonds is 10. The minimum Gasteiger partial charge on any atom is -0.462 e. The fraction of sp³-hybridized carbons (Fsp3) is 0.647. The molecule has 0 unspecified atom stereocenters. The zero-order valence-electron chi connectivity index (χ0n) is 20.5. The fourth-order valence-corrected chi connectivity index (χ4v) is 2.05. The summed E-state index contributed by atoms with van der Waals surface area (Å²) in [6.07, 6.45) is -8.13. The van der Waals surface area contributed by atoms with Crippen LogP contribution in [-0.2, 0) is 52.5 Å². The van der Waals surface area contributed by atoms with E-state index in [0.29, 0.717) is 0 Å². The summed E-state index contributed by atoms with van der Waals surface area (Å²) >= 11 is 0. The summed E-state index contributed by atoms with van der Waals surface area (Å²) in [5.41, 5.74) is 0. The first kappa shape index (κ1) is 17.9. The third kappa shape index (κ3) is 10.1. The average molecular weight is 424 g/mol. The zero-order chi connectivity index (χ0) is 26.3. The molecule has 29 heavy (non-hydrogen) atoms. The van der Waals surface area contributed by atoms with Crippen molar-refractivity contribution in [1.82, 2.24) is 5.32 Å². The smallest absolute Gasteiger partial charge is 0.303 e. The van der Waals surface area contributed by atoms with Crippen molar-refractivity contribution >= 4 is 35.8 Å². The molecule has 0 aliphatic rings. The zero-order valence-corrected chi connectivity index (χ0v) is 15.5. The van der Waals surface area contributed by atoms with Crippen molar-refractivity contribution in [3.63, 3.8) is 0 Å². The molecule has 0 aromatic rings. The summed E-state index contributed by atoms with van der Waals surface area (Å²) in [6, 6.07) is 0. The van der Waals surface area contributed by atoms with Crippen LogP contribution >= 0.6 is 0 Å². The molecule has 12 heteroatoms. The number of hydrogen-bond acceptors (Lipinski definition) is 11. The van der Waals surface area contributed by atoms with Crippen molar-refractivity contribution in [3.8, 4) is 0 Å². The maximum Gasteiger partial charge on any atom is 0.303 e. The summed E-state index contributed by atoms with van der Waals surface area (Å²) in [6.45, 7) is -5.70. The lowest BCUT2D eigenvalue weighted by molar-refractivity contribution is -0.203. The highest BCUT2D eigenvalue weighted by atomic mass is 16.6. The summed E-state index contributed by atoms with van der Waals surface area (Å²) < 4.78 is 60.0. The van der Waals surface area contributed by atoms with E-state index in [2.05, 4.69) is 5.32 Å². The Balaban J connectivity index is 6.62. The van der Waals surface area contributed by atoms with Gasteiger partial charge in [0.15, 0.2) is 18.3 Å². The van der Waals surface area contributed by atoms with E-state index in [9.17, 15) is 28.8 Å². The van der Waals surface area contributed by atoms with Gasteiger partial charge in [-0.05, 0) is 0 Å². The number of nitrogens with one attached hydrogen (secondary N) is 1. The number of carbonyl (C=O) groups excluding carboxylic acids is 6. The molecule has 1 amide bonds. The second kappa shape index (κ2) is 12.3. The Hall–Kier alpha value is -3.18. The van der Waals surface area contributed by atoms with Gasteiger partial charge in [-0.1, -0.05) is 0 Å². The Labute approximate surface area is 174 Å². The van der Waals surface area contributed by atoms with Gasteiger partial charge in [0.2, 0.25) is 6.10 Å². The second-order valence-electron chi connectivity index (χ2n) is 5.14. The third-order valence-electron chi connectivity index (χ3n) is 2.98. The van der Waals surface area contributed by atoms with Crippen molar-refractivity contribution < 1.29 is 59.3 Å². The predicted molar refractivity (Wildman–Crippen MR) is 92.9 cm³/mol. The molecular formula is C17H25NO11. The molecule has 12 nitrogen and oxygen atoms in total. The fourth-order valence-electron chi connectivity index (χ4n) is 2.05. The lowest BCUT2D eigenvalue weighted by Crippen LogP contribution is -2.56. The molecule has 0 radical (unpaired) electrons. The van der Waals surface area contributed by atoms with Gasteiger partial charge in [0.1, 0.15) is 6.61 Å². The highest BCUT2D eigenvalue weighted by molar-refractivity contribution is 5.84. The van der Waals surface area contributed by atoms with E-state index in [4.69, 9.17) is 30.5 Å². The van der Waals surface area contributed by atoms with Crippen LogP contribution in [0.2, 0.25) is 0 Å². The average Bonchev–Trinajstić information content (AvgIpc) is 2.85. The summed E-state index contributed by atoms with van der Waals surface area (Å²) in [4.78, 5) is 71.3. The van der Waals surface area contributed by atoms with Gasteiger partial charge >= 0.3 is 29.8 Å². The van der Waals surface area contributed by atoms with E-state index >= 15 is 0 Å².